The van der Waals surface area contributed by atoms with Crippen molar-refractivity contribution in [3.05, 3.63) is 0 Å². The van der Waals surface area contributed by atoms with Crippen LogP contribution in [0, 0.1) is 0 Å². The fourth-order valence-corrected chi connectivity index (χ4v) is 1.86. The lowest BCUT2D eigenvalue weighted by Gasteiger charge is -2.12. The highest BCUT2D eigenvalue weighted by Crippen LogP contribution is 1.97. The molecule has 0 fully saturated rings. The number of rotatable bonds is 8. The van der Waals surface area contributed by atoms with E-state index in [0.29, 0.717) is 12.5 Å². The molecule has 0 rings (SSSR count). The van der Waals surface area contributed by atoms with Gasteiger partial charge < -0.3 is 10.6 Å². The second kappa shape index (κ2) is 9.04. The Balaban J connectivity index is 3.40. The van der Waals surface area contributed by atoms with E-state index >= 15 is 0 Å². The van der Waals surface area contributed by atoms with Crippen LogP contribution in [0.5, 0.6) is 0 Å². The zero-order valence-corrected chi connectivity index (χ0v) is 11.1. The van der Waals surface area contributed by atoms with Crippen LogP contribution in [0.2, 0.25) is 0 Å². The lowest BCUT2D eigenvalue weighted by Crippen LogP contribution is -2.34. The number of carbonyl (C=O) groups is 1. The van der Waals surface area contributed by atoms with Gasteiger partial charge in [0.2, 0.25) is 5.91 Å². The van der Waals surface area contributed by atoms with E-state index in [2.05, 4.69) is 30.7 Å². The summed E-state index contributed by atoms with van der Waals surface area (Å²) in [6, 6.07) is 0.786. The summed E-state index contributed by atoms with van der Waals surface area (Å²) in [6.45, 7) is 7.18. The SMILES string of the molecule is CSCC(C)NC(=O)CCCNC(C)C. The van der Waals surface area contributed by atoms with Gasteiger partial charge in [0.25, 0.3) is 0 Å². The van der Waals surface area contributed by atoms with Crippen molar-refractivity contribution in [3.8, 4) is 0 Å². The molecule has 0 aromatic carbocycles. The topological polar surface area (TPSA) is 41.1 Å². The Kier molecular flexibility index (Phi) is 8.91. The van der Waals surface area contributed by atoms with E-state index < -0.39 is 0 Å². The van der Waals surface area contributed by atoms with Crippen molar-refractivity contribution in [2.75, 3.05) is 18.6 Å². The highest BCUT2D eigenvalue weighted by atomic mass is 32.2. The fourth-order valence-electron chi connectivity index (χ4n) is 1.28. The zero-order valence-electron chi connectivity index (χ0n) is 10.3. The van der Waals surface area contributed by atoms with Crippen molar-refractivity contribution in [3.63, 3.8) is 0 Å². The molecule has 1 atom stereocenters. The van der Waals surface area contributed by atoms with Crippen molar-refractivity contribution in [1.82, 2.24) is 10.6 Å². The molecule has 90 valence electrons. The summed E-state index contributed by atoms with van der Waals surface area (Å²) in [6.07, 6.45) is 3.59. The first-order valence-electron chi connectivity index (χ1n) is 5.58. The van der Waals surface area contributed by atoms with Crippen LogP contribution in [-0.4, -0.2) is 36.5 Å². The van der Waals surface area contributed by atoms with Gasteiger partial charge in [0, 0.05) is 24.3 Å². The van der Waals surface area contributed by atoms with Crippen LogP contribution in [0.25, 0.3) is 0 Å². The number of thioether (sulfide) groups is 1. The number of amides is 1. The lowest BCUT2D eigenvalue weighted by atomic mass is 10.2. The van der Waals surface area contributed by atoms with Gasteiger partial charge in [-0.3, -0.25) is 4.79 Å². The predicted octanol–water partition coefficient (Wildman–Crippen LogP) is 1.63. The fraction of sp³-hybridized carbons (Fsp3) is 0.909. The van der Waals surface area contributed by atoms with Crippen LogP contribution in [0.1, 0.15) is 33.6 Å². The van der Waals surface area contributed by atoms with Gasteiger partial charge in [-0.15, -0.1) is 0 Å². The van der Waals surface area contributed by atoms with Crippen LogP contribution in [0.15, 0.2) is 0 Å². The Morgan fingerprint density at radius 1 is 1.33 bits per heavy atom. The van der Waals surface area contributed by atoms with E-state index in [0.717, 1.165) is 18.7 Å². The maximum Gasteiger partial charge on any atom is 0.220 e. The van der Waals surface area contributed by atoms with E-state index in [9.17, 15) is 4.79 Å². The van der Waals surface area contributed by atoms with Crippen LogP contribution >= 0.6 is 11.8 Å². The molecular formula is C11H24N2OS. The Morgan fingerprint density at radius 3 is 2.53 bits per heavy atom. The quantitative estimate of drug-likeness (QED) is 0.625. The number of hydrogen-bond donors (Lipinski definition) is 2. The van der Waals surface area contributed by atoms with Gasteiger partial charge in [-0.05, 0) is 26.1 Å². The minimum atomic E-state index is 0.169. The molecule has 0 radical (unpaired) electrons. The van der Waals surface area contributed by atoms with E-state index in [1.54, 1.807) is 11.8 Å². The van der Waals surface area contributed by atoms with Gasteiger partial charge in [-0.25, -0.2) is 0 Å². The van der Waals surface area contributed by atoms with E-state index in [-0.39, 0.29) is 11.9 Å². The molecule has 0 heterocycles. The molecule has 3 nitrogen and oxygen atoms in total. The Morgan fingerprint density at radius 2 is 2.00 bits per heavy atom. The summed E-state index contributed by atoms with van der Waals surface area (Å²) < 4.78 is 0. The smallest absolute Gasteiger partial charge is 0.220 e. The summed E-state index contributed by atoms with van der Waals surface area (Å²) in [5.74, 6) is 1.15. The standard InChI is InChI=1S/C11H24N2OS/c1-9(2)12-7-5-6-11(14)13-10(3)8-15-4/h9-10,12H,5-8H2,1-4H3,(H,13,14). The average Bonchev–Trinajstić information content (AvgIpc) is 2.12. The molecule has 0 aromatic rings. The molecule has 0 aromatic heterocycles. The predicted molar refractivity (Wildman–Crippen MR) is 68.4 cm³/mol. The minimum Gasteiger partial charge on any atom is -0.353 e. The number of carbonyl (C=O) groups excluding carboxylic acids is 1. The van der Waals surface area contributed by atoms with Crippen molar-refractivity contribution >= 4 is 17.7 Å². The monoisotopic (exact) mass is 232 g/mol. The molecule has 2 N–H and O–H groups in total. The largest absolute Gasteiger partial charge is 0.353 e. The molecule has 0 saturated carbocycles. The zero-order chi connectivity index (χ0) is 11.7. The molecular weight excluding hydrogens is 208 g/mol. The van der Waals surface area contributed by atoms with Gasteiger partial charge in [-0.2, -0.15) is 11.8 Å². The summed E-state index contributed by atoms with van der Waals surface area (Å²) >= 11 is 1.76. The highest BCUT2D eigenvalue weighted by Gasteiger charge is 2.05. The second-order valence-corrected chi connectivity index (χ2v) is 5.05. The molecule has 1 amide bonds. The molecule has 0 aliphatic carbocycles. The van der Waals surface area contributed by atoms with Crippen molar-refractivity contribution in [1.29, 1.82) is 0 Å². The van der Waals surface area contributed by atoms with Crippen LogP contribution in [0.4, 0.5) is 0 Å². The molecule has 15 heavy (non-hydrogen) atoms. The normalized spacial score (nSPS) is 12.9. The molecule has 1 unspecified atom stereocenters. The van der Waals surface area contributed by atoms with Crippen molar-refractivity contribution in [2.24, 2.45) is 0 Å². The molecule has 0 aliphatic rings. The number of hydrogen-bond acceptors (Lipinski definition) is 3. The van der Waals surface area contributed by atoms with E-state index in [1.807, 2.05) is 6.92 Å². The third-order valence-electron chi connectivity index (χ3n) is 1.96. The third kappa shape index (κ3) is 10.1. The molecule has 0 saturated heterocycles. The average molecular weight is 232 g/mol. The first-order valence-corrected chi connectivity index (χ1v) is 6.97. The molecule has 0 spiro atoms. The van der Waals surface area contributed by atoms with Crippen molar-refractivity contribution in [2.45, 2.75) is 45.7 Å². The summed E-state index contributed by atoms with van der Waals surface area (Å²) in [5.41, 5.74) is 0. The maximum atomic E-state index is 11.4. The molecule has 0 bridgehead atoms. The second-order valence-electron chi connectivity index (χ2n) is 4.14. The van der Waals surface area contributed by atoms with Gasteiger partial charge in [0.15, 0.2) is 0 Å². The van der Waals surface area contributed by atoms with E-state index in [4.69, 9.17) is 0 Å². The minimum absolute atomic E-state index is 0.169. The first kappa shape index (κ1) is 14.8. The summed E-state index contributed by atoms with van der Waals surface area (Å²) in [5, 5.41) is 6.28. The van der Waals surface area contributed by atoms with Crippen LogP contribution in [0.3, 0.4) is 0 Å². The van der Waals surface area contributed by atoms with Gasteiger partial charge in [-0.1, -0.05) is 13.8 Å². The number of nitrogens with one attached hydrogen (secondary N) is 2. The van der Waals surface area contributed by atoms with Gasteiger partial charge in [0.05, 0.1) is 0 Å². The summed E-state index contributed by atoms with van der Waals surface area (Å²) in [7, 11) is 0. The maximum absolute atomic E-state index is 11.4. The Hall–Kier alpha value is -0.220. The van der Waals surface area contributed by atoms with Gasteiger partial charge >= 0.3 is 0 Å². The van der Waals surface area contributed by atoms with E-state index in [1.165, 1.54) is 0 Å². The molecule has 4 heteroatoms. The molecule has 0 aliphatic heterocycles. The van der Waals surface area contributed by atoms with Crippen molar-refractivity contribution < 1.29 is 4.79 Å². The first-order chi connectivity index (χ1) is 7.06. The Labute approximate surface area is 97.8 Å². The third-order valence-corrected chi connectivity index (χ3v) is 2.79. The summed E-state index contributed by atoms with van der Waals surface area (Å²) in [4.78, 5) is 11.4. The lowest BCUT2D eigenvalue weighted by molar-refractivity contribution is -0.121. The van der Waals surface area contributed by atoms with Gasteiger partial charge in [0.1, 0.15) is 0 Å². The van der Waals surface area contributed by atoms with Crippen LogP contribution < -0.4 is 10.6 Å². The highest BCUT2D eigenvalue weighted by molar-refractivity contribution is 7.98. The van der Waals surface area contributed by atoms with Crippen LogP contribution in [-0.2, 0) is 4.79 Å². The Bertz CT molecular complexity index is 174.